The van der Waals surface area contributed by atoms with Crippen LogP contribution in [0.25, 0.3) is 21.5 Å². The first-order valence-electron chi connectivity index (χ1n) is 10.8. The molecule has 0 aliphatic rings. The second-order valence-electron chi connectivity index (χ2n) is 7.83. The Labute approximate surface area is 199 Å². The van der Waals surface area contributed by atoms with Gasteiger partial charge in [0.25, 0.3) is 0 Å². The van der Waals surface area contributed by atoms with Gasteiger partial charge in [0, 0.05) is 35.6 Å². The third-order valence-corrected chi connectivity index (χ3v) is 6.50. The van der Waals surface area contributed by atoms with Gasteiger partial charge in [0.15, 0.2) is 0 Å². The fraction of sp³-hybridized carbons (Fsp3) is 0.0741. The lowest BCUT2D eigenvalue weighted by molar-refractivity contribution is 0.251. The summed E-state index contributed by atoms with van der Waals surface area (Å²) < 4.78 is 29.4. The quantitative estimate of drug-likeness (QED) is 0.274. The molecule has 0 bridgehead atoms. The molecule has 0 aliphatic heterocycles. The number of hydrogen-bond acceptors (Lipinski definition) is 2. The van der Waals surface area contributed by atoms with Crippen LogP contribution in [0, 0.1) is 11.6 Å². The number of halogens is 2. The van der Waals surface area contributed by atoms with Crippen molar-refractivity contribution in [3.63, 3.8) is 0 Å². The highest BCUT2D eigenvalue weighted by atomic mass is 32.1. The summed E-state index contributed by atoms with van der Waals surface area (Å²) in [5.74, 6) is -1.52. The van der Waals surface area contributed by atoms with Gasteiger partial charge in [-0.25, -0.2) is 13.6 Å². The predicted octanol–water partition coefficient (Wildman–Crippen LogP) is 7.02. The highest BCUT2D eigenvalue weighted by molar-refractivity contribution is 7.13. The van der Waals surface area contributed by atoms with Gasteiger partial charge < -0.3 is 15.2 Å². The Balaban J connectivity index is 1.50. The van der Waals surface area contributed by atoms with Gasteiger partial charge in [-0.15, -0.1) is 11.3 Å². The summed E-state index contributed by atoms with van der Waals surface area (Å²) in [6.07, 6.45) is 0. The molecule has 2 heterocycles. The van der Waals surface area contributed by atoms with E-state index < -0.39 is 17.7 Å². The van der Waals surface area contributed by atoms with Crippen molar-refractivity contribution in [2.45, 2.75) is 13.1 Å². The van der Waals surface area contributed by atoms with Crippen LogP contribution in [0.3, 0.4) is 0 Å². The maximum atomic E-state index is 14.0. The molecule has 4 nitrogen and oxygen atoms in total. The molecule has 170 valence electrons. The van der Waals surface area contributed by atoms with E-state index in [2.05, 4.69) is 39.5 Å². The van der Waals surface area contributed by atoms with Crippen molar-refractivity contribution < 1.29 is 13.6 Å². The number of para-hydroxylation sites is 1. The Morgan fingerprint density at radius 2 is 1.71 bits per heavy atom. The van der Waals surface area contributed by atoms with Crippen LogP contribution in [0.2, 0.25) is 0 Å². The van der Waals surface area contributed by atoms with Gasteiger partial charge in [-0.05, 0) is 35.2 Å². The second kappa shape index (κ2) is 9.49. The number of nitrogens with zero attached hydrogens (tertiary/aromatic N) is 1. The summed E-state index contributed by atoms with van der Waals surface area (Å²) in [6, 6.07) is 24.9. The minimum atomic E-state index is -0.825. The number of nitrogens with one attached hydrogen (secondary N) is 2. The van der Waals surface area contributed by atoms with Crippen LogP contribution in [0.4, 0.5) is 19.3 Å². The van der Waals surface area contributed by atoms with Crippen LogP contribution < -0.4 is 10.6 Å². The zero-order valence-electron chi connectivity index (χ0n) is 18.1. The van der Waals surface area contributed by atoms with Crippen molar-refractivity contribution >= 4 is 34.0 Å². The summed E-state index contributed by atoms with van der Waals surface area (Å²) in [4.78, 5) is 13.7. The third-order valence-electron chi connectivity index (χ3n) is 5.62. The molecular formula is C27H21F2N3OS. The molecule has 0 saturated carbocycles. The van der Waals surface area contributed by atoms with Crippen molar-refractivity contribution in [2.75, 3.05) is 5.32 Å². The third kappa shape index (κ3) is 4.43. The van der Waals surface area contributed by atoms with Crippen molar-refractivity contribution in [1.82, 2.24) is 9.88 Å². The van der Waals surface area contributed by atoms with Crippen LogP contribution in [0.15, 0.2) is 90.3 Å². The molecule has 0 aliphatic carbocycles. The van der Waals surface area contributed by atoms with Crippen molar-refractivity contribution in [3.05, 3.63) is 113 Å². The summed E-state index contributed by atoms with van der Waals surface area (Å²) in [6.45, 7) is 0.922. The molecule has 5 aromatic rings. The molecule has 0 spiro atoms. The SMILES string of the molecule is O=C(NCc1c(-c2cccs2)n(Cc2ccccc2)c2ccccc12)Nc1ccc(F)cc1F. The van der Waals surface area contributed by atoms with Gasteiger partial charge in [0.05, 0.1) is 16.3 Å². The van der Waals surface area contributed by atoms with Crippen LogP contribution in [-0.2, 0) is 13.1 Å². The first kappa shape index (κ1) is 21.9. The van der Waals surface area contributed by atoms with Gasteiger partial charge in [-0.3, -0.25) is 0 Å². The zero-order chi connectivity index (χ0) is 23.5. The van der Waals surface area contributed by atoms with Crippen molar-refractivity contribution in [2.24, 2.45) is 0 Å². The lowest BCUT2D eigenvalue weighted by atomic mass is 10.1. The van der Waals surface area contributed by atoms with Crippen LogP contribution in [-0.4, -0.2) is 10.6 Å². The molecular weight excluding hydrogens is 452 g/mol. The molecule has 7 heteroatoms. The molecule has 0 radical (unpaired) electrons. The van der Waals surface area contributed by atoms with Crippen LogP contribution >= 0.6 is 11.3 Å². The topological polar surface area (TPSA) is 46.1 Å². The number of benzene rings is 3. The normalized spacial score (nSPS) is 11.0. The van der Waals surface area contributed by atoms with Gasteiger partial charge in [-0.1, -0.05) is 54.6 Å². The van der Waals surface area contributed by atoms with Gasteiger partial charge in [0.1, 0.15) is 11.6 Å². The summed E-state index contributed by atoms with van der Waals surface area (Å²) in [5, 5.41) is 8.37. The van der Waals surface area contributed by atoms with E-state index in [0.717, 1.165) is 39.2 Å². The smallest absolute Gasteiger partial charge is 0.319 e. The summed E-state index contributed by atoms with van der Waals surface area (Å²) in [5.41, 5.74) is 4.17. The summed E-state index contributed by atoms with van der Waals surface area (Å²) in [7, 11) is 0. The lowest BCUT2D eigenvalue weighted by Gasteiger charge is -2.13. The van der Waals surface area contributed by atoms with Crippen molar-refractivity contribution in [3.8, 4) is 10.6 Å². The largest absolute Gasteiger partial charge is 0.335 e. The molecule has 3 aromatic carbocycles. The minimum absolute atomic E-state index is 0.0797. The number of amides is 2. The minimum Gasteiger partial charge on any atom is -0.335 e. The number of rotatable bonds is 6. The standard InChI is InChI=1S/C27H21F2N3OS/c28-19-12-13-23(22(29)15-19)31-27(33)30-16-21-20-9-4-5-10-24(20)32(17-18-7-2-1-3-8-18)26(21)25-11-6-14-34-25/h1-15H,16-17H2,(H2,30,31,33). The molecule has 0 atom stereocenters. The second-order valence-corrected chi connectivity index (χ2v) is 8.77. The number of anilines is 1. The molecule has 2 amide bonds. The van der Waals surface area contributed by atoms with E-state index in [0.29, 0.717) is 6.54 Å². The molecule has 0 saturated heterocycles. The Kier molecular flexibility index (Phi) is 6.10. The number of carbonyl (C=O) groups excluding carboxylic acids is 1. The molecule has 5 rings (SSSR count). The molecule has 34 heavy (non-hydrogen) atoms. The lowest BCUT2D eigenvalue weighted by Crippen LogP contribution is -2.28. The van der Waals surface area contributed by atoms with E-state index >= 15 is 0 Å². The Hall–Kier alpha value is -3.97. The number of urea groups is 1. The van der Waals surface area contributed by atoms with E-state index in [4.69, 9.17) is 0 Å². The highest BCUT2D eigenvalue weighted by Gasteiger charge is 2.20. The highest BCUT2D eigenvalue weighted by Crippen LogP contribution is 2.36. The van der Waals surface area contributed by atoms with Crippen LogP contribution in [0.1, 0.15) is 11.1 Å². The monoisotopic (exact) mass is 473 g/mol. The average molecular weight is 474 g/mol. The number of hydrogen-bond donors (Lipinski definition) is 2. The Morgan fingerprint density at radius 1 is 0.912 bits per heavy atom. The van der Waals surface area contributed by atoms with Gasteiger partial charge in [-0.2, -0.15) is 0 Å². The van der Waals surface area contributed by atoms with E-state index in [1.807, 2.05) is 47.8 Å². The van der Waals surface area contributed by atoms with Gasteiger partial charge >= 0.3 is 6.03 Å². The number of thiophene rings is 1. The maximum absolute atomic E-state index is 14.0. The van der Waals surface area contributed by atoms with E-state index in [1.54, 1.807) is 11.3 Å². The number of carbonyl (C=O) groups is 1. The molecule has 0 unspecified atom stereocenters. The average Bonchev–Trinajstić information content (AvgIpc) is 3.47. The Bertz CT molecular complexity index is 1450. The van der Waals surface area contributed by atoms with Crippen molar-refractivity contribution in [1.29, 1.82) is 0 Å². The van der Waals surface area contributed by atoms with E-state index in [-0.39, 0.29) is 12.2 Å². The Morgan fingerprint density at radius 3 is 2.47 bits per heavy atom. The van der Waals surface area contributed by atoms with Crippen LogP contribution in [0.5, 0.6) is 0 Å². The molecule has 2 aromatic heterocycles. The van der Waals surface area contributed by atoms with E-state index in [1.165, 1.54) is 11.6 Å². The molecule has 2 N–H and O–H groups in total. The van der Waals surface area contributed by atoms with E-state index in [9.17, 15) is 13.6 Å². The fourth-order valence-electron chi connectivity index (χ4n) is 4.11. The first-order valence-corrected chi connectivity index (χ1v) is 11.7. The number of fused-ring (bicyclic) bond motifs is 1. The zero-order valence-corrected chi connectivity index (χ0v) is 18.9. The van der Waals surface area contributed by atoms with Gasteiger partial charge in [0.2, 0.25) is 0 Å². The fourth-order valence-corrected chi connectivity index (χ4v) is 4.91. The first-order chi connectivity index (χ1) is 16.6. The number of aromatic nitrogens is 1. The summed E-state index contributed by atoms with van der Waals surface area (Å²) >= 11 is 1.64. The molecule has 0 fully saturated rings. The predicted molar refractivity (Wildman–Crippen MR) is 133 cm³/mol. The maximum Gasteiger partial charge on any atom is 0.319 e.